The van der Waals surface area contributed by atoms with E-state index in [1.165, 1.54) is 11.8 Å². The molecule has 0 aliphatic heterocycles. The molecule has 16 heavy (non-hydrogen) atoms. The van der Waals surface area contributed by atoms with Crippen LogP contribution in [0.2, 0.25) is 0 Å². The van der Waals surface area contributed by atoms with Crippen LogP contribution >= 0.6 is 11.8 Å². The predicted octanol–water partition coefficient (Wildman–Crippen LogP) is 1.60. The van der Waals surface area contributed by atoms with Crippen LogP contribution in [0.3, 0.4) is 0 Å². The zero-order chi connectivity index (χ0) is 12.1. The fourth-order valence-corrected chi connectivity index (χ4v) is 2.15. The number of hydrogen-bond donors (Lipinski definition) is 2. The van der Waals surface area contributed by atoms with Crippen LogP contribution in [0.15, 0.2) is 29.2 Å². The van der Waals surface area contributed by atoms with Gasteiger partial charge in [0, 0.05) is 16.6 Å². The summed E-state index contributed by atoms with van der Waals surface area (Å²) in [6.45, 7) is 1.72. The summed E-state index contributed by atoms with van der Waals surface area (Å²) in [5.74, 6) is -1.12. The number of carbonyl (C=O) groups is 2. The maximum absolute atomic E-state index is 10.9. The quantitative estimate of drug-likeness (QED) is 0.765. The summed E-state index contributed by atoms with van der Waals surface area (Å²) in [5, 5.41) is 8.94. The number of benzene rings is 1. The number of carbonyl (C=O) groups excluding carboxylic acids is 1. The van der Waals surface area contributed by atoms with Crippen LogP contribution in [-0.2, 0) is 4.79 Å². The first kappa shape index (κ1) is 12.6. The van der Waals surface area contributed by atoms with Crippen molar-refractivity contribution in [2.45, 2.75) is 11.8 Å². The van der Waals surface area contributed by atoms with Crippen molar-refractivity contribution in [2.24, 2.45) is 11.7 Å². The summed E-state index contributed by atoms with van der Waals surface area (Å²) in [6.07, 6.45) is 0. The predicted molar refractivity (Wildman–Crippen MR) is 62.5 cm³/mol. The van der Waals surface area contributed by atoms with Gasteiger partial charge in [0.05, 0.1) is 5.56 Å². The number of primary amides is 1. The van der Waals surface area contributed by atoms with Crippen molar-refractivity contribution < 1.29 is 14.7 Å². The Labute approximate surface area is 97.8 Å². The Morgan fingerprint density at radius 1 is 1.44 bits per heavy atom. The largest absolute Gasteiger partial charge is 0.478 e. The molecule has 1 atom stereocenters. The molecular formula is C11H13NO3S. The molecule has 0 saturated heterocycles. The molecule has 86 valence electrons. The summed E-state index contributed by atoms with van der Waals surface area (Å²) in [5.41, 5.74) is 5.38. The smallest absolute Gasteiger partial charge is 0.336 e. The number of rotatable bonds is 5. The second-order valence-electron chi connectivity index (χ2n) is 3.42. The molecule has 0 aliphatic rings. The molecule has 0 aromatic heterocycles. The molecule has 0 heterocycles. The number of thioether (sulfide) groups is 1. The van der Waals surface area contributed by atoms with Gasteiger partial charge >= 0.3 is 5.97 Å². The lowest BCUT2D eigenvalue weighted by Crippen LogP contribution is -2.22. The molecule has 0 saturated carbocycles. The molecule has 0 radical (unpaired) electrons. The summed E-state index contributed by atoms with van der Waals surface area (Å²) >= 11 is 1.33. The lowest BCUT2D eigenvalue weighted by molar-refractivity contribution is -0.120. The number of hydrogen-bond acceptors (Lipinski definition) is 3. The fraction of sp³-hybridized carbons (Fsp3) is 0.273. The second-order valence-corrected chi connectivity index (χ2v) is 4.48. The summed E-state index contributed by atoms with van der Waals surface area (Å²) in [4.78, 5) is 22.4. The van der Waals surface area contributed by atoms with E-state index in [0.29, 0.717) is 10.6 Å². The van der Waals surface area contributed by atoms with Crippen molar-refractivity contribution in [1.29, 1.82) is 0 Å². The molecule has 4 nitrogen and oxygen atoms in total. The molecular weight excluding hydrogens is 226 g/mol. The Balaban J connectivity index is 2.74. The number of amides is 1. The van der Waals surface area contributed by atoms with Gasteiger partial charge in [-0.1, -0.05) is 19.1 Å². The van der Waals surface area contributed by atoms with Crippen molar-refractivity contribution in [3.8, 4) is 0 Å². The summed E-state index contributed by atoms with van der Waals surface area (Å²) < 4.78 is 0. The van der Waals surface area contributed by atoms with Crippen LogP contribution in [-0.4, -0.2) is 22.7 Å². The van der Waals surface area contributed by atoms with Crippen molar-refractivity contribution in [1.82, 2.24) is 0 Å². The maximum Gasteiger partial charge on any atom is 0.336 e. The van der Waals surface area contributed by atoms with Gasteiger partial charge in [-0.2, -0.15) is 0 Å². The van der Waals surface area contributed by atoms with Gasteiger partial charge in [0.1, 0.15) is 0 Å². The second kappa shape index (κ2) is 5.55. The van der Waals surface area contributed by atoms with E-state index in [4.69, 9.17) is 10.8 Å². The lowest BCUT2D eigenvalue weighted by Gasteiger charge is -2.08. The van der Waals surface area contributed by atoms with Crippen molar-refractivity contribution >= 4 is 23.6 Å². The van der Waals surface area contributed by atoms with E-state index in [9.17, 15) is 9.59 Å². The first-order chi connectivity index (χ1) is 7.52. The van der Waals surface area contributed by atoms with Gasteiger partial charge in [-0.3, -0.25) is 4.79 Å². The molecule has 1 unspecified atom stereocenters. The van der Waals surface area contributed by atoms with Gasteiger partial charge in [-0.25, -0.2) is 4.79 Å². The Kier molecular flexibility index (Phi) is 4.37. The van der Waals surface area contributed by atoms with E-state index >= 15 is 0 Å². The third-order valence-corrected chi connectivity index (χ3v) is 3.43. The SMILES string of the molecule is CC(CSc1ccccc1C(=O)O)C(N)=O. The molecule has 0 fully saturated rings. The topological polar surface area (TPSA) is 80.4 Å². The van der Waals surface area contributed by atoms with Crippen molar-refractivity contribution in [2.75, 3.05) is 5.75 Å². The highest BCUT2D eigenvalue weighted by Gasteiger charge is 2.13. The van der Waals surface area contributed by atoms with E-state index in [0.717, 1.165) is 0 Å². The van der Waals surface area contributed by atoms with Crippen LogP contribution in [0.4, 0.5) is 0 Å². The monoisotopic (exact) mass is 239 g/mol. The van der Waals surface area contributed by atoms with Gasteiger partial charge in [-0.15, -0.1) is 11.8 Å². The first-order valence-corrected chi connectivity index (χ1v) is 5.75. The summed E-state index contributed by atoms with van der Waals surface area (Å²) in [7, 11) is 0. The molecule has 0 spiro atoms. The van der Waals surface area contributed by atoms with Crippen LogP contribution in [0, 0.1) is 5.92 Å². The Morgan fingerprint density at radius 2 is 2.06 bits per heavy atom. The number of carboxylic acids is 1. The van der Waals surface area contributed by atoms with E-state index in [1.54, 1.807) is 31.2 Å². The van der Waals surface area contributed by atoms with Gasteiger partial charge in [0.2, 0.25) is 5.91 Å². The van der Waals surface area contributed by atoms with Crippen LogP contribution in [0.5, 0.6) is 0 Å². The minimum absolute atomic E-state index is 0.254. The van der Waals surface area contributed by atoms with Crippen LogP contribution in [0.25, 0.3) is 0 Å². The third-order valence-electron chi connectivity index (χ3n) is 2.09. The number of carboxylic acid groups (broad SMARTS) is 1. The standard InChI is InChI=1S/C11H13NO3S/c1-7(10(12)13)6-16-9-5-3-2-4-8(9)11(14)15/h2-5,7H,6H2,1H3,(H2,12,13)(H,14,15). The van der Waals surface area contributed by atoms with E-state index in [-0.39, 0.29) is 17.4 Å². The molecule has 1 amide bonds. The molecule has 3 N–H and O–H groups in total. The van der Waals surface area contributed by atoms with E-state index in [2.05, 4.69) is 0 Å². The third kappa shape index (κ3) is 3.27. The Bertz CT molecular complexity index is 406. The van der Waals surface area contributed by atoms with Crippen LogP contribution < -0.4 is 5.73 Å². The van der Waals surface area contributed by atoms with Gasteiger partial charge in [0.25, 0.3) is 0 Å². The first-order valence-electron chi connectivity index (χ1n) is 4.76. The van der Waals surface area contributed by atoms with Crippen LogP contribution in [0.1, 0.15) is 17.3 Å². The van der Waals surface area contributed by atoms with Gasteiger partial charge < -0.3 is 10.8 Å². The molecule has 5 heteroatoms. The minimum Gasteiger partial charge on any atom is -0.478 e. The Morgan fingerprint density at radius 3 is 2.62 bits per heavy atom. The molecule has 0 bridgehead atoms. The van der Waals surface area contributed by atoms with E-state index < -0.39 is 5.97 Å². The average Bonchev–Trinajstić information content (AvgIpc) is 2.25. The maximum atomic E-state index is 10.9. The van der Waals surface area contributed by atoms with Crippen molar-refractivity contribution in [3.63, 3.8) is 0 Å². The van der Waals surface area contributed by atoms with Crippen molar-refractivity contribution in [3.05, 3.63) is 29.8 Å². The number of nitrogens with two attached hydrogens (primary N) is 1. The average molecular weight is 239 g/mol. The van der Waals surface area contributed by atoms with Gasteiger partial charge in [-0.05, 0) is 12.1 Å². The Hall–Kier alpha value is -1.49. The zero-order valence-corrected chi connectivity index (χ0v) is 9.66. The fourth-order valence-electron chi connectivity index (χ4n) is 1.07. The highest BCUT2D eigenvalue weighted by molar-refractivity contribution is 7.99. The molecule has 1 aromatic rings. The normalized spacial score (nSPS) is 12.1. The highest BCUT2D eigenvalue weighted by atomic mass is 32.2. The molecule has 1 rings (SSSR count). The minimum atomic E-state index is -0.963. The molecule has 0 aliphatic carbocycles. The zero-order valence-electron chi connectivity index (χ0n) is 8.84. The number of aromatic carboxylic acids is 1. The lowest BCUT2D eigenvalue weighted by atomic mass is 10.2. The highest BCUT2D eigenvalue weighted by Crippen LogP contribution is 2.24. The van der Waals surface area contributed by atoms with Gasteiger partial charge in [0.15, 0.2) is 0 Å². The summed E-state index contributed by atoms with van der Waals surface area (Å²) in [6, 6.07) is 6.70. The van der Waals surface area contributed by atoms with E-state index in [1.807, 2.05) is 0 Å². The molecule has 1 aromatic carbocycles.